The van der Waals surface area contributed by atoms with Crippen molar-refractivity contribution in [2.75, 3.05) is 13.1 Å². The topological polar surface area (TPSA) is 64.4 Å². The Labute approximate surface area is 180 Å². The molecule has 3 aromatic rings. The van der Waals surface area contributed by atoms with Crippen LogP contribution in [0.25, 0.3) is 10.2 Å². The zero-order valence-electron chi connectivity index (χ0n) is 17.7. The number of carbonyl (C=O) groups is 2. The van der Waals surface area contributed by atoms with Crippen molar-refractivity contribution in [3.05, 3.63) is 52.0 Å². The van der Waals surface area contributed by atoms with E-state index in [0.717, 1.165) is 53.8 Å². The van der Waals surface area contributed by atoms with Gasteiger partial charge in [0.1, 0.15) is 9.71 Å². The number of ether oxygens (including phenoxy) is 1. The molecular weight excluding hydrogens is 398 g/mol. The summed E-state index contributed by atoms with van der Waals surface area (Å²) in [4.78, 5) is 28.5. The maximum absolute atomic E-state index is 12.7. The second-order valence-electron chi connectivity index (χ2n) is 7.99. The lowest BCUT2D eigenvalue weighted by molar-refractivity contribution is -0.140. The first kappa shape index (κ1) is 20.6. The molecule has 0 N–H and O–H groups in total. The van der Waals surface area contributed by atoms with E-state index in [1.54, 1.807) is 11.8 Å². The van der Waals surface area contributed by atoms with Gasteiger partial charge in [0, 0.05) is 18.5 Å². The van der Waals surface area contributed by atoms with Crippen LogP contribution in [0.15, 0.2) is 30.3 Å². The van der Waals surface area contributed by atoms with Gasteiger partial charge in [-0.1, -0.05) is 29.8 Å². The van der Waals surface area contributed by atoms with Crippen molar-refractivity contribution in [2.45, 2.75) is 52.7 Å². The van der Waals surface area contributed by atoms with Crippen LogP contribution in [-0.2, 0) is 16.1 Å². The van der Waals surface area contributed by atoms with Gasteiger partial charge in [0.05, 0.1) is 12.2 Å². The van der Waals surface area contributed by atoms with E-state index in [-0.39, 0.29) is 5.91 Å². The van der Waals surface area contributed by atoms with E-state index < -0.39 is 12.1 Å². The van der Waals surface area contributed by atoms with Gasteiger partial charge in [-0.3, -0.25) is 9.48 Å². The Morgan fingerprint density at radius 1 is 1.13 bits per heavy atom. The molecule has 0 radical (unpaired) electrons. The van der Waals surface area contributed by atoms with E-state index in [9.17, 15) is 9.59 Å². The third kappa shape index (κ3) is 4.26. The average molecular weight is 426 g/mol. The normalized spacial score (nSPS) is 15.4. The summed E-state index contributed by atoms with van der Waals surface area (Å²) in [7, 11) is 0. The van der Waals surface area contributed by atoms with Crippen molar-refractivity contribution < 1.29 is 14.3 Å². The molecule has 1 amide bonds. The van der Waals surface area contributed by atoms with Gasteiger partial charge in [-0.15, -0.1) is 11.3 Å². The summed E-state index contributed by atoms with van der Waals surface area (Å²) in [6.45, 7) is 7.80. The zero-order valence-corrected chi connectivity index (χ0v) is 18.5. The number of likely N-dealkylation sites (tertiary alicyclic amines) is 1. The SMILES string of the molecule is Cc1ccc(Cn2nc(C)c3cc(C(=O)O[C@H](C)C(=O)N4CCCCC4)sc32)cc1. The molecule has 1 atom stereocenters. The van der Waals surface area contributed by atoms with Gasteiger partial charge >= 0.3 is 5.97 Å². The van der Waals surface area contributed by atoms with Crippen molar-refractivity contribution in [1.29, 1.82) is 0 Å². The highest BCUT2D eigenvalue weighted by molar-refractivity contribution is 7.20. The fourth-order valence-corrected chi connectivity index (χ4v) is 4.87. The first-order valence-corrected chi connectivity index (χ1v) is 11.3. The Hall–Kier alpha value is -2.67. The molecular formula is C23H27N3O3S. The van der Waals surface area contributed by atoms with Crippen molar-refractivity contribution in [3.63, 3.8) is 0 Å². The van der Waals surface area contributed by atoms with Gasteiger partial charge < -0.3 is 9.64 Å². The highest BCUT2D eigenvalue weighted by Crippen LogP contribution is 2.29. The maximum atomic E-state index is 12.7. The lowest BCUT2D eigenvalue weighted by atomic mass is 10.1. The molecule has 2 aromatic heterocycles. The molecule has 158 valence electrons. The molecule has 0 spiro atoms. The second-order valence-corrected chi connectivity index (χ2v) is 9.02. The van der Waals surface area contributed by atoms with Gasteiger partial charge in [0.25, 0.3) is 5.91 Å². The highest BCUT2D eigenvalue weighted by Gasteiger charge is 2.26. The Morgan fingerprint density at radius 2 is 1.83 bits per heavy atom. The second kappa shape index (κ2) is 8.60. The Bertz CT molecular complexity index is 1060. The quantitative estimate of drug-likeness (QED) is 0.571. The number of hydrogen-bond acceptors (Lipinski definition) is 5. The number of aromatic nitrogens is 2. The molecule has 0 bridgehead atoms. The van der Waals surface area contributed by atoms with Crippen LogP contribution in [-0.4, -0.2) is 45.8 Å². The average Bonchev–Trinajstić information content (AvgIpc) is 3.31. The third-order valence-electron chi connectivity index (χ3n) is 5.56. The smallest absolute Gasteiger partial charge is 0.349 e. The van der Waals surface area contributed by atoms with Crippen molar-refractivity contribution in [3.8, 4) is 0 Å². The molecule has 0 aliphatic carbocycles. The van der Waals surface area contributed by atoms with Gasteiger partial charge in [-0.05, 0) is 51.7 Å². The van der Waals surface area contributed by atoms with Crippen LogP contribution in [0.2, 0.25) is 0 Å². The Morgan fingerprint density at radius 3 is 2.53 bits per heavy atom. The van der Waals surface area contributed by atoms with Crippen LogP contribution in [0.4, 0.5) is 0 Å². The number of hydrogen-bond donors (Lipinski definition) is 0. The van der Waals surface area contributed by atoms with Crippen molar-refractivity contribution in [1.82, 2.24) is 14.7 Å². The molecule has 30 heavy (non-hydrogen) atoms. The third-order valence-corrected chi connectivity index (χ3v) is 6.69. The predicted molar refractivity (Wildman–Crippen MR) is 118 cm³/mol. The van der Waals surface area contributed by atoms with Gasteiger partial charge in [0.2, 0.25) is 0 Å². The molecule has 6 nitrogen and oxygen atoms in total. The fraction of sp³-hybridized carbons (Fsp3) is 0.435. The number of amides is 1. The number of esters is 1. The first-order valence-electron chi connectivity index (χ1n) is 10.4. The predicted octanol–water partition coefficient (Wildman–Crippen LogP) is 4.32. The Balaban J connectivity index is 1.49. The number of piperidine rings is 1. The molecule has 4 rings (SSSR count). The standard InChI is InChI=1S/C23H27N3O3S/c1-15-7-9-18(10-8-15)14-26-22-19(16(2)24-26)13-20(30-22)23(28)29-17(3)21(27)25-11-5-4-6-12-25/h7-10,13,17H,4-6,11-12,14H2,1-3H3/t17-/m1/s1. The van der Waals surface area contributed by atoms with Gasteiger partial charge in [-0.2, -0.15) is 5.10 Å². The number of rotatable bonds is 5. The number of benzene rings is 1. The summed E-state index contributed by atoms with van der Waals surface area (Å²) in [6.07, 6.45) is 2.41. The molecule has 0 saturated carbocycles. The minimum absolute atomic E-state index is 0.106. The molecule has 1 fully saturated rings. The van der Waals surface area contributed by atoms with Crippen LogP contribution < -0.4 is 0 Å². The lowest BCUT2D eigenvalue weighted by Crippen LogP contribution is -2.42. The molecule has 3 heterocycles. The highest BCUT2D eigenvalue weighted by atomic mass is 32.1. The van der Waals surface area contributed by atoms with Crippen molar-refractivity contribution in [2.24, 2.45) is 0 Å². The number of carbonyl (C=O) groups excluding carboxylic acids is 2. The summed E-state index contributed by atoms with van der Waals surface area (Å²) in [5.41, 5.74) is 3.25. The number of aryl methyl sites for hydroxylation is 2. The van der Waals surface area contributed by atoms with Gasteiger partial charge in [-0.25, -0.2) is 4.79 Å². The van der Waals surface area contributed by atoms with E-state index in [0.29, 0.717) is 11.4 Å². The minimum Gasteiger partial charge on any atom is -0.448 e. The van der Waals surface area contributed by atoms with Crippen LogP contribution >= 0.6 is 11.3 Å². The van der Waals surface area contributed by atoms with E-state index in [1.807, 2.05) is 17.7 Å². The van der Waals surface area contributed by atoms with Gasteiger partial charge in [0.15, 0.2) is 6.10 Å². The van der Waals surface area contributed by atoms with Crippen molar-refractivity contribution >= 4 is 33.4 Å². The van der Waals surface area contributed by atoms with E-state index in [1.165, 1.54) is 16.9 Å². The monoisotopic (exact) mass is 425 g/mol. The summed E-state index contributed by atoms with van der Waals surface area (Å²) < 4.78 is 7.44. The van der Waals surface area contributed by atoms with Crippen LogP contribution in [0.1, 0.15) is 52.7 Å². The van der Waals surface area contributed by atoms with Crippen LogP contribution in [0.5, 0.6) is 0 Å². The number of nitrogens with zero attached hydrogens (tertiary/aromatic N) is 3. The summed E-state index contributed by atoms with van der Waals surface area (Å²) in [5.74, 6) is -0.554. The van der Waals surface area contributed by atoms with Crippen LogP contribution in [0, 0.1) is 13.8 Å². The summed E-state index contributed by atoms with van der Waals surface area (Å²) >= 11 is 1.37. The molecule has 7 heteroatoms. The number of thiophene rings is 1. The largest absolute Gasteiger partial charge is 0.448 e. The molecule has 1 saturated heterocycles. The fourth-order valence-electron chi connectivity index (χ4n) is 3.83. The molecule has 1 aliphatic rings. The maximum Gasteiger partial charge on any atom is 0.349 e. The van der Waals surface area contributed by atoms with E-state index >= 15 is 0 Å². The molecule has 1 aliphatic heterocycles. The van der Waals surface area contributed by atoms with Crippen LogP contribution in [0.3, 0.4) is 0 Å². The molecule has 0 unspecified atom stereocenters. The first-order chi connectivity index (χ1) is 14.4. The molecule has 1 aromatic carbocycles. The lowest BCUT2D eigenvalue weighted by Gasteiger charge is -2.28. The zero-order chi connectivity index (χ0) is 21.3. The van der Waals surface area contributed by atoms with E-state index in [4.69, 9.17) is 4.74 Å². The van der Waals surface area contributed by atoms with E-state index in [2.05, 4.69) is 36.3 Å². The number of fused-ring (bicyclic) bond motifs is 1. The summed E-state index contributed by atoms with van der Waals surface area (Å²) in [5, 5.41) is 5.59. The summed E-state index contributed by atoms with van der Waals surface area (Å²) in [6, 6.07) is 10.2. The Kier molecular flexibility index (Phi) is 5.90. The minimum atomic E-state index is -0.772.